The fourth-order valence-electron chi connectivity index (χ4n) is 4.38. The minimum atomic E-state index is -3.55. The van der Waals surface area contributed by atoms with E-state index in [2.05, 4.69) is 19.1 Å². The van der Waals surface area contributed by atoms with E-state index in [4.69, 9.17) is 4.52 Å². The van der Waals surface area contributed by atoms with Gasteiger partial charge in [0.05, 0.1) is 27.7 Å². The zero-order chi connectivity index (χ0) is 24.1. The summed E-state index contributed by atoms with van der Waals surface area (Å²) >= 11 is 0. The van der Waals surface area contributed by atoms with Crippen LogP contribution in [0.4, 0.5) is 0 Å². The van der Waals surface area contributed by atoms with Crippen LogP contribution in [0.1, 0.15) is 129 Å². The van der Waals surface area contributed by atoms with Crippen LogP contribution in [0.15, 0.2) is 12.2 Å². The van der Waals surface area contributed by atoms with Gasteiger partial charge in [-0.3, -0.25) is 4.57 Å². The van der Waals surface area contributed by atoms with Crippen LogP contribution in [0.5, 0.6) is 0 Å². The fourth-order valence-corrected chi connectivity index (χ4v) is 6.28. The molecular formula is C27H57NO3P+. The summed E-state index contributed by atoms with van der Waals surface area (Å²) in [6.45, 7) is 4.62. The second kappa shape index (κ2) is 20.2. The highest BCUT2D eigenvalue weighted by Gasteiger charge is 2.41. The van der Waals surface area contributed by atoms with Gasteiger partial charge in [-0.15, -0.1) is 0 Å². The quantitative estimate of drug-likeness (QED) is 0.0696. The minimum absolute atomic E-state index is 0.352. The third-order valence-corrected chi connectivity index (χ3v) is 8.68. The Bertz CT molecular complexity index is 488. The van der Waals surface area contributed by atoms with Crippen LogP contribution in [0, 0.1) is 0 Å². The number of nitrogens with zero attached hydrogens (tertiary/aromatic N) is 1. The van der Waals surface area contributed by atoms with Crippen LogP contribution in [0.25, 0.3) is 0 Å². The van der Waals surface area contributed by atoms with E-state index in [0.29, 0.717) is 17.5 Å². The van der Waals surface area contributed by atoms with Crippen molar-refractivity contribution in [3.05, 3.63) is 12.2 Å². The summed E-state index contributed by atoms with van der Waals surface area (Å²) in [7, 11) is 2.30. The molecule has 0 aromatic carbocycles. The lowest BCUT2D eigenvalue weighted by atomic mass is 10.1. The van der Waals surface area contributed by atoms with E-state index in [1.165, 1.54) is 96.3 Å². The molecule has 0 saturated carbocycles. The van der Waals surface area contributed by atoms with Crippen molar-refractivity contribution in [2.24, 2.45) is 0 Å². The van der Waals surface area contributed by atoms with Crippen LogP contribution < -0.4 is 0 Å². The summed E-state index contributed by atoms with van der Waals surface area (Å²) in [4.78, 5) is 10.3. The predicted octanol–water partition coefficient (Wildman–Crippen LogP) is 8.84. The molecule has 0 bridgehead atoms. The Morgan fingerprint density at radius 1 is 0.719 bits per heavy atom. The number of rotatable bonds is 23. The summed E-state index contributed by atoms with van der Waals surface area (Å²) in [5.74, 6) is -0.352. The van der Waals surface area contributed by atoms with Crippen LogP contribution >= 0.6 is 7.60 Å². The molecule has 0 spiro atoms. The van der Waals surface area contributed by atoms with Gasteiger partial charge >= 0.3 is 7.60 Å². The molecular weight excluding hydrogens is 417 g/mol. The molecule has 5 heteroatoms. The van der Waals surface area contributed by atoms with Gasteiger partial charge in [0.1, 0.15) is 0 Å². The summed E-state index contributed by atoms with van der Waals surface area (Å²) in [5, 5.41) is 0. The van der Waals surface area contributed by atoms with E-state index >= 15 is 0 Å². The number of unbranched alkanes of at least 4 members (excludes halogenated alkanes) is 15. The highest BCUT2D eigenvalue weighted by atomic mass is 31.2. The van der Waals surface area contributed by atoms with Gasteiger partial charge in [-0.05, 0) is 32.1 Å². The Morgan fingerprint density at radius 2 is 1.12 bits per heavy atom. The van der Waals surface area contributed by atoms with Crippen LogP contribution in [0.3, 0.4) is 0 Å². The summed E-state index contributed by atoms with van der Waals surface area (Å²) < 4.78 is 18.4. The molecule has 0 saturated heterocycles. The highest BCUT2D eigenvalue weighted by molar-refractivity contribution is 7.53. The molecule has 1 N–H and O–H groups in total. The Morgan fingerprint density at radius 3 is 1.53 bits per heavy atom. The molecule has 0 aliphatic heterocycles. The molecule has 0 heterocycles. The van der Waals surface area contributed by atoms with E-state index < -0.39 is 7.60 Å². The van der Waals surface area contributed by atoms with E-state index in [1.54, 1.807) is 0 Å². The van der Waals surface area contributed by atoms with Crippen LogP contribution in [-0.4, -0.2) is 42.9 Å². The van der Waals surface area contributed by atoms with Crippen molar-refractivity contribution in [2.75, 3.05) is 27.7 Å². The first-order chi connectivity index (χ1) is 15.3. The SMILES string of the molecule is CCCCCCCCCCCCC=CCCCCCCCOP(=O)(O)C(CC)[N+](C)(C)C. The molecule has 192 valence electrons. The van der Waals surface area contributed by atoms with Crippen molar-refractivity contribution in [3.8, 4) is 0 Å². The Kier molecular flexibility index (Phi) is 20.1. The molecule has 0 rings (SSSR count). The third kappa shape index (κ3) is 18.3. The van der Waals surface area contributed by atoms with Gasteiger partial charge in [0.25, 0.3) is 0 Å². The van der Waals surface area contributed by atoms with Gasteiger partial charge in [0.2, 0.25) is 0 Å². The molecule has 0 aromatic heterocycles. The molecule has 2 atom stereocenters. The molecule has 0 aliphatic carbocycles. The van der Waals surface area contributed by atoms with Gasteiger partial charge < -0.3 is 13.9 Å². The Labute approximate surface area is 201 Å². The van der Waals surface area contributed by atoms with Crippen LogP contribution in [-0.2, 0) is 9.09 Å². The average molecular weight is 475 g/mol. The zero-order valence-corrected chi connectivity index (χ0v) is 23.2. The maximum Gasteiger partial charge on any atom is 0.385 e. The fraction of sp³-hybridized carbons (Fsp3) is 0.926. The van der Waals surface area contributed by atoms with Crippen molar-refractivity contribution in [1.29, 1.82) is 0 Å². The topological polar surface area (TPSA) is 46.5 Å². The standard InChI is InChI=1S/C27H56NO3P/c1-6-8-9-10-11-12-13-14-15-16-17-18-19-20-21-22-23-24-25-26-31-32(29,30)27(7-2)28(3,4)5/h18-19,27H,6-17,20-26H2,1-5H3/p+1. The first kappa shape index (κ1) is 31.9. The van der Waals surface area contributed by atoms with E-state index in [-0.39, 0.29) is 5.78 Å². The first-order valence-electron chi connectivity index (χ1n) is 13.7. The monoisotopic (exact) mass is 474 g/mol. The van der Waals surface area contributed by atoms with E-state index in [1.807, 2.05) is 28.1 Å². The van der Waals surface area contributed by atoms with Gasteiger partial charge in [0, 0.05) is 6.42 Å². The molecule has 4 nitrogen and oxygen atoms in total. The minimum Gasteiger partial charge on any atom is -0.320 e. The normalized spacial score (nSPS) is 15.3. The van der Waals surface area contributed by atoms with E-state index in [0.717, 1.165) is 12.8 Å². The maximum absolute atomic E-state index is 12.5. The lowest BCUT2D eigenvalue weighted by Crippen LogP contribution is -2.44. The number of hydrogen-bond acceptors (Lipinski definition) is 2. The molecule has 0 amide bonds. The maximum atomic E-state index is 12.5. The number of hydrogen-bond donors (Lipinski definition) is 1. The molecule has 2 unspecified atom stereocenters. The summed E-state index contributed by atoms with van der Waals surface area (Å²) in [6.07, 6.45) is 27.4. The zero-order valence-electron chi connectivity index (χ0n) is 22.3. The summed E-state index contributed by atoms with van der Waals surface area (Å²) in [6, 6.07) is 0. The van der Waals surface area contributed by atoms with Gasteiger partial charge in [-0.1, -0.05) is 103 Å². The first-order valence-corrected chi connectivity index (χ1v) is 15.3. The highest BCUT2D eigenvalue weighted by Crippen LogP contribution is 2.51. The van der Waals surface area contributed by atoms with Crippen molar-refractivity contribution >= 4 is 7.60 Å². The van der Waals surface area contributed by atoms with Crippen molar-refractivity contribution in [3.63, 3.8) is 0 Å². The van der Waals surface area contributed by atoms with Gasteiger partial charge in [-0.25, -0.2) is 0 Å². The molecule has 0 fully saturated rings. The van der Waals surface area contributed by atoms with Gasteiger partial charge in [0.15, 0.2) is 5.78 Å². The molecule has 0 radical (unpaired) electrons. The van der Waals surface area contributed by atoms with Crippen LogP contribution in [0.2, 0.25) is 0 Å². The second-order valence-corrected chi connectivity index (χ2v) is 12.4. The smallest absolute Gasteiger partial charge is 0.320 e. The molecule has 0 aliphatic rings. The van der Waals surface area contributed by atoms with Crippen molar-refractivity contribution in [2.45, 2.75) is 135 Å². The molecule has 0 aromatic rings. The molecule has 32 heavy (non-hydrogen) atoms. The number of quaternary nitrogens is 1. The lowest BCUT2D eigenvalue weighted by molar-refractivity contribution is -0.883. The Balaban J connectivity index is 3.47. The lowest BCUT2D eigenvalue weighted by Gasteiger charge is -2.35. The largest absolute Gasteiger partial charge is 0.385 e. The van der Waals surface area contributed by atoms with Crippen molar-refractivity contribution < 1.29 is 18.5 Å². The van der Waals surface area contributed by atoms with Gasteiger partial charge in [-0.2, -0.15) is 0 Å². The van der Waals surface area contributed by atoms with Crippen molar-refractivity contribution in [1.82, 2.24) is 0 Å². The number of allylic oxidation sites excluding steroid dienone is 2. The van der Waals surface area contributed by atoms with E-state index in [9.17, 15) is 9.46 Å². The summed E-state index contributed by atoms with van der Waals surface area (Å²) in [5.41, 5.74) is 0. The third-order valence-electron chi connectivity index (χ3n) is 6.32. The Hall–Kier alpha value is -0.150. The predicted molar refractivity (Wildman–Crippen MR) is 141 cm³/mol. The second-order valence-electron chi connectivity index (χ2n) is 10.4. The average Bonchev–Trinajstić information content (AvgIpc) is 2.71.